The van der Waals surface area contributed by atoms with Crippen LogP contribution < -0.4 is 0 Å². The second kappa shape index (κ2) is 7.68. The number of carbonyl (C=O) groups excluding carboxylic acids is 3. The molecule has 1 saturated heterocycles. The quantitative estimate of drug-likeness (QED) is 0.432. The molecule has 24 heavy (non-hydrogen) atoms. The maximum atomic E-state index is 12.0. The lowest BCUT2D eigenvalue weighted by Gasteiger charge is -2.22. The lowest BCUT2D eigenvalue weighted by molar-refractivity contribution is -0.170. The van der Waals surface area contributed by atoms with Crippen LogP contribution in [0, 0.1) is 0 Å². The first-order chi connectivity index (χ1) is 11.3. The molecule has 1 aliphatic rings. The number of ketones is 2. The van der Waals surface area contributed by atoms with Crippen molar-refractivity contribution in [3.63, 3.8) is 0 Å². The number of carbonyl (C=O) groups is 3. The number of Topliss-reactive ketones (excluding diaryl/α,β-unsaturated/α-hetero) is 2. The van der Waals surface area contributed by atoms with E-state index >= 15 is 0 Å². The smallest absolute Gasteiger partial charge is 0.375 e. The van der Waals surface area contributed by atoms with E-state index < -0.39 is 29.7 Å². The van der Waals surface area contributed by atoms with Crippen molar-refractivity contribution in [2.45, 2.75) is 58.2 Å². The van der Waals surface area contributed by atoms with Gasteiger partial charge in [-0.15, -0.1) is 0 Å². The molecule has 2 atom stereocenters. The number of rotatable bonds is 7. The number of hydrogen-bond acceptors (Lipinski definition) is 6. The molecule has 2 rings (SSSR count). The molecular formula is C18H22O6. The fourth-order valence-electron chi connectivity index (χ4n) is 2.56. The van der Waals surface area contributed by atoms with E-state index in [1.165, 1.54) is 0 Å². The van der Waals surface area contributed by atoms with Gasteiger partial charge in [-0.25, -0.2) is 4.79 Å². The predicted molar refractivity (Wildman–Crippen MR) is 85.0 cm³/mol. The molecule has 130 valence electrons. The Morgan fingerprint density at radius 2 is 1.67 bits per heavy atom. The molecule has 6 nitrogen and oxygen atoms in total. The van der Waals surface area contributed by atoms with Gasteiger partial charge < -0.3 is 14.2 Å². The fraction of sp³-hybridized carbons (Fsp3) is 0.500. The normalized spacial score (nSPS) is 22.1. The van der Waals surface area contributed by atoms with Gasteiger partial charge in [-0.2, -0.15) is 0 Å². The van der Waals surface area contributed by atoms with Gasteiger partial charge in [0.2, 0.25) is 5.78 Å². The Bertz CT molecular complexity index is 599. The first-order valence-electron chi connectivity index (χ1n) is 7.90. The molecule has 0 aromatic heterocycles. The van der Waals surface area contributed by atoms with Crippen molar-refractivity contribution in [2.24, 2.45) is 0 Å². The molecule has 0 unspecified atom stereocenters. The molecule has 1 aromatic carbocycles. The van der Waals surface area contributed by atoms with Crippen molar-refractivity contribution in [1.29, 1.82) is 0 Å². The maximum absolute atomic E-state index is 12.0. The molecule has 0 radical (unpaired) electrons. The lowest BCUT2D eigenvalue weighted by atomic mass is 10.1. The summed E-state index contributed by atoms with van der Waals surface area (Å²) in [5.74, 6) is -3.34. The van der Waals surface area contributed by atoms with Crippen LogP contribution in [0.15, 0.2) is 30.3 Å². The third-order valence-electron chi connectivity index (χ3n) is 3.85. The van der Waals surface area contributed by atoms with Gasteiger partial charge in [-0.3, -0.25) is 9.59 Å². The van der Waals surface area contributed by atoms with Crippen LogP contribution in [0.5, 0.6) is 0 Å². The van der Waals surface area contributed by atoms with Gasteiger partial charge in [0.1, 0.15) is 12.4 Å². The zero-order valence-corrected chi connectivity index (χ0v) is 14.1. The minimum atomic E-state index is -1.05. The molecule has 0 N–H and O–H groups in total. The van der Waals surface area contributed by atoms with Gasteiger partial charge in [-0.1, -0.05) is 30.3 Å². The molecule has 1 aromatic rings. The average molecular weight is 334 g/mol. The highest BCUT2D eigenvalue weighted by molar-refractivity contribution is 6.37. The summed E-state index contributed by atoms with van der Waals surface area (Å²) in [6, 6.07) is 9.00. The summed E-state index contributed by atoms with van der Waals surface area (Å²) in [5.41, 5.74) is 0.771. The van der Waals surface area contributed by atoms with E-state index in [-0.39, 0.29) is 25.2 Å². The van der Waals surface area contributed by atoms with E-state index in [4.69, 9.17) is 14.2 Å². The van der Waals surface area contributed by atoms with Crippen LogP contribution in [0.1, 0.15) is 39.2 Å². The molecule has 0 amide bonds. The fourth-order valence-corrected chi connectivity index (χ4v) is 2.56. The minimum absolute atomic E-state index is 0.00142. The highest BCUT2D eigenvalue weighted by Gasteiger charge is 2.41. The monoisotopic (exact) mass is 334 g/mol. The summed E-state index contributed by atoms with van der Waals surface area (Å²) in [4.78, 5) is 35.5. The molecular weight excluding hydrogens is 312 g/mol. The lowest BCUT2D eigenvalue weighted by Crippen LogP contribution is -2.32. The summed E-state index contributed by atoms with van der Waals surface area (Å²) >= 11 is 0. The number of hydrogen-bond donors (Lipinski definition) is 0. The van der Waals surface area contributed by atoms with E-state index in [1.807, 2.05) is 19.9 Å². The Labute approximate surface area is 141 Å². The summed E-state index contributed by atoms with van der Waals surface area (Å²) in [7, 11) is 0. The van der Waals surface area contributed by atoms with E-state index in [1.54, 1.807) is 31.2 Å². The van der Waals surface area contributed by atoms with E-state index in [2.05, 4.69) is 0 Å². The molecule has 0 bridgehead atoms. The topological polar surface area (TPSA) is 78.9 Å². The molecule has 1 fully saturated rings. The highest BCUT2D eigenvalue weighted by atomic mass is 16.8. The first kappa shape index (κ1) is 18.3. The molecule has 0 spiro atoms. The van der Waals surface area contributed by atoms with Crippen LogP contribution in [-0.4, -0.2) is 35.5 Å². The van der Waals surface area contributed by atoms with Crippen molar-refractivity contribution in [3.05, 3.63) is 35.9 Å². The summed E-state index contributed by atoms with van der Waals surface area (Å²) in [5, 5.41) is 0. The second-order valence-electron chi connectivity index (χ2n) is 6.16. The summed E-state index contributed by atoms with van der Waals surface area (Å²) in [6.07, 6.45) is -0.860. The van der Waals surface area contributed by atoms with Crippen LogP contribution in [0.4, 0.5) is 0 Å². The van der Waals surface area contributed by atoms with Crippen LogP contribution in [0.3, 0.4) is 0 Å². The van der Waals surface area contributed by atoms with Gasteiger partial charge in [-0.05, 0) is 26.3 Å². The second-order valence-corrected chi connectivity index (χ2v) is 6.16. The summed E-state index contributed by atoms with van der Waals surface area (Å²) in [6.45, 7) is 5.36. The third kappa shape index (κ3) is 4.97. The largest absolute Gasteiger partial charge is 0.455 e. The molecule has 6 heteroatoms. The highest BCUT2D eigenvalue weighted by Crippen LogP contribution is 2.31. The Morgan fingerprint density at radius 1 is 1.08 bits per heavy atom. The SMILES string of the molecule is C[C@@H]1OC(C)(CC(=O)CC(=O)C(=O)OCc2ccccc2)O[C@H]1C. The minimum Gasteiger partial charge on any atom is -0.455 e. The number of benzene rings is 1. The van der Waals surface area contributed by atoms with Gasteiger partial charge in [0.25, 0.3) is 0 Å². The molecule has 1 aliphatic heterocycles. The van der Waals surface area contributed by atoms with E-state index in [0.29, 0.717) is 0 Å². The average Bonchev–Trinajstić information content (AvgIpc) is 2.77. The molecule has 0 aliphatic carbocycles. The van der Waals surface area contributed by atoms with E-state index in [9.17, 15) is 14.4 Å². The van der Waals surface area contributed by atoms with Gasteiger partial charge in [0.15, 0.2) is 5.79 Å². The van der Waals surface area contributed by atoms with Gasteiger partial charge in [0.05, 0.1) is 25.0 Å². The number of esters is 1. The van der Waals surface area contributed by atoms with Crippen LogP contribution >= 0.6 is 0 Å². The summed E-state index contributed by atoms with van der Waals surface area (Å²) < 4.78 is 16.1. The van der Waals surface area contributed by atoms with Crippen molar-refractivity contribution < 1.29 is 28.6 Å². The third-order valence-corrected chi connectivity index (χ3v) is 3.85. The van der Waals surface area contributed by atoms with E-state index in [0.717, 1.165) is 5.56 Å². The van der Waals surface area contributed by atoms with Gasteiger partial charge in [0, 0.05) is 0 Å². The van der Waals surface area contributed by atoms with Crippen LogP contribution in [0.25, 0.3) is 0 Å². The van der Waals surface area contributed by atoms with Crippen LogP contribution in [0.2, 0.25) is 0 Å². The van der Waals surface area contributed by atoms with Crippen LogP contribution in [-0.2, 0) is 35.2 Å². The van der Waals surface area contributed by atoms with Gasteiger partial charge >= 0.3 is 5.97 Å². The maximum Gasteiger partial charge on any atom is 0.375 e. The Balaban J connectivity index is 1.79. The molecule has 0 saturated carbocycles. The zero-order chi connectivity index (χ0) is 17.7. The molecule has 1 heterocycles. The Morgan fingerprint density at radius 3 is 2.25 bits per heavy atom. The zero-order valence-electron chi connectivity index (χ0n) is 14.1. The predicted octanol–water partition coefficient (Wildman–Crippen LogP) is 2.19. The van der Waals surface area contributed by atoms with Crippen molar-refractivity contribution in [1.82, 2.24) is 0 Å². The van der Waals surface area contributed by atoms with Crippen molar-refractivity contribution >= 4 is 17.5 Å². The number of ether oxygens (including phenoxy) is 3. The first-order valence-corrected chi connectivity index (χ1v) is 7.90. The Hall–Kier alpha value is -2.05. The van der Waals surface area contributed by atoms with Crippen molar-refractivity contribution in [3.8, 4) is 0 Å². The van der Waals surface area contributed by atoms with Crippen molar-refractivity contribution in [2.75, 3.05) is 0 Å². The standard InChI is InChI=1S/C18H22O6/c1-12-13(2)24-18(3,23-12)10-15(19)9-16(20)17(21)22-11-14-7-5-4-6-8-14/h4-8,12-13H,9-11H2,1-3H3/t12-,13-/m0/s1. The Kier molecular flexibility index (Phi) is 5.85.